The van der Waals surface area contributed by atoms with E-state index >= 15 is 0 Å². The minimum Gasteiger partial charge on any atom is -0.456 e. The Bertz CT molecular complexity index is 2050. The summed E-state index contributed by atoms with van der Waals surface area (Å²) in [5.41, 5.74) is 32.6. The van der Waals surface area contributed by atoms with Crippen molar-refractivity contribution in [3.05, 3.63) is 165 Å². The number of carbonyl (C=O) groups is 4. The average molecular weight is 785 g/mol. The van der Waals surface area contributed by atoms with E-state index in [-0.39, 0.29) is 22.3 Å². The third-order valence-corrected chi connectivity index (χ3v) is 7.68. The first-order valence-electron chi connectivity index (χ1n) is 15.9. The molecule has 0 aromatic heterocycles. The highest BCUT2D eigenvalue weighted by atomic mass is 19.1. The Kier molecular flexibility index (Phi) is 14.2. The lowest BCUT2D eigenvalue weighted by Gasteiger charge is -2.30. The summed E-state index contributed by atoms with van der Waals surface area (Å²) in [6.45, 7) is -4.25. The number of ether oxygens (including phenoxy) is 4. The molecule has 0 aliphatic rings. The number of hydrogen-bond acceptors (Lipinski definition) is 8. The zero-order valence-corrected chi connectivity index (χ0v) is 28.9. The summed E-state index contributed by atoms with van der Waals surface area (Å²) in [7, 11) is 0. The molecule has 0 amide bonds. The predicted octanol–water partition coefficient (Wildman–Crippen LogP) is 3.58. The Morgan fingerprint density at radius 3 is 0.719 bits per heavy atom. The Morgan fingerprint density at radius 2 is 0.561 bits per heavy atom. The van der Waals surface area contributed by atoms with Gasteiger partial charge in [-0.2, -0.15) is 19.2 Å². The van der Waals surface area contributed by atoms with Crippen LogP contribution in [0.5, 0.6) is 0 Å². The Morgan fingerprint density at radius 1 is 0.386 bits per heavy atom. The van der Waals surface area contributed by atoms with E-state index in [2.05, 4.69) is 19.2 Å². The molecular weight excluding hydrogens is 760 g/mol. The summed E-state index contributed by atoms with van der Waals surface area (Å²) in [6, 6.07) is 15.9. The molecule has 4 aromatic rings. The second-order valence-corrected chi connectivity index (χ2v) is 11.6. The average Bonchev–Trinajstić information content (AvgIpc) is 3.21. The largest absolute Gasteiger partial charge is 0.456 e. The molecule has 0 heterocycles. The minimum atomic E-state index is -2.23. The summed E-state index contributed by atoms with van der Waals surface area (Å²) in [4.78, 5) is 64.5. The molecule has 16 nitrogen and oxygen atoms in total. The monoisotopic (exact) mass is 784 g/mol. The first-order valence-corrected chi connectivity index (χ1v) is 15.9. The zero-order chi connectivity index (χ0) is 41.5. The quantitative estimate of drug-likeness (QED) is 0.0404. The van der Waals surface area contributed by atoms with E-state index in [1.807, 2.05) is 0 Å². The van der Waals surface area contributed by atoms with Crippen LogP contribution in [0.15, 0.2) is 97.1 Å². The molecule has 0 saturated carbocycles. The molecule has 4 aromatic carbocycles. The van der Waals surface area contributed by atoms with Gasteiger partial charge in [0.05, 0.1) is 22.3 Å². The number of rotatable bonds is 16. The van der Waals surface area contributed by atoms with Crippen molar-refractivity contribution >= 4 is 46.7 Å². The van der Waals surface area contributed by atoms with Gasteiger partial charge in [-0.3, -0.25) is 0 Å². The fourth-order valence-corrected chi connectivity index (χ4v) is 4.69. The maximum absolute atomic E-state index is 13.6. The maximum Gasteiger partial charge on any atom is 0.422 e. The highest BCUT2D eigenvalue weighted by Crippen LogP contribution is 2.23. The van der Waals surface area contributed by atoms with E-state index in [4.69, 9.17) is 18.9 Å². The standard InChI is InChI=1S/C37H24F4N8O8/c38-25-9-1-21(2-10-25)29(46-42)33(50)54-17-37(18-55-34(51)30(47-43)22-3-11-26(39)12-4-22,19-56-35(52)31(48-44)23-5-13-27(40)14-6-23)20-57-36(53)32(49-45)24-7-15-28(41)16-8-24/h1-16H,17-20H2. The van der Waals surface area contributed by atoms with E-state index in [0.717, 1.165) is 97.1 Å². The van der Waals surface area contributed by atoms with Gasteiger partial charge in [0.1, 0.15) is 55.1 Å². The van der Waals surface area contributed by atoms with Gasteiger partial charge in [0, 0.05) is 0 Å². The Labute approximate surface area is 317 Å². The zero-order valence-electron chi connectivity index (χ0n) is 28.9. The summed E-state index contributed by atoms with van der Waals surface area (Å²) in [6.07, 6.45) is 0. The predicted molar refractivity (Wildman–Crippen MR) is 183 cm³/mol. The van der Waals surface area contributed by atoms with E-state index in [0.29, 0.717) is 0 Å². The van der Waals surface area contributed by atoms with Crippen molar-refractivity contribution in [1.29, 1.82) is 0 Å². The Hall–Kier alpha value is -8.00. The van der Waals surface area contributed by atoms with Gasteiger partial charge in [0.2, 0.25) is 0 Å². The smallest absolute Gasteiger partial charge is 0.422 e. The van der Waals surface area contributed by atoms with Gasteiger partial charge >= 0.3 is 46.7 Å². The molecule has 0 bridgehead atoms. The molecule has 0 atom stereocenters. The highest BCUT2D eigenvalue weighted by Gasteiger charge is 2.42. The number of hydrogen-bond donors (Lipinski definition) is 0. The number of esters is 4. The topological polar surface area (TPSA) is 251 Å². The fourth-order valence-electron chi connectivity index (χ4n) is 4.69. The molecule has 20 heteroatoms. The van der Waals surface area contributed by atoms with Crippen LogP contribution in [-0.2, 0) is 38.1 Å². The highest BCUT2D eigenvalue weighted by molar-refractivity contribution is 6.42. The molecule has 0 N–H and O–H groups in total. The molecule has 0 fully saturated rings. The molecule has 57 heavy (non-hydrogen) atoms. The van der Waals surface area contributed by atoms with Crippen LogP contribution >= 0.6 is 0 Å². The third-order valence-electron chi connectivity index (χ3n) is 7.68. The molecule has 4 rings (SSSR count). The molecule has 0 saturated heterocycles. The molecule has 0 spiro atoms. The molecule has 0 aliphatic carbocycles. The van der Waals surface area contributed by atoms with Gasteiger partial charge in [0.15, 0.2) is 0 Å². The lowest BCUT2D eigenvalue weighted by molar-refractivity contribution is -0.166. The first kappa shape index (κ1) is 41.8. The van der Waals surface area contributed by atoms with Crippen molar-refractivity contribution in [2.45, 2.75) is 0 Å². The van der Waals surface area contributed by atoms with Crippen LogP contribution in [0.2, 0.25) is 0 Å². The van der Waals surface area contributed by atoms with Crippen LogP contribution in [0.25, 0.3) is 22.1 Å². The van der Waals surface area contributed by atoms with E-state index in [1.54, 1.807) is 0 Å². The second-order valence-electron chi connectivity index (χ2n) is 11.6. The molecular formula is C37H24F4N8O8. The Balaban J connectivity index is 1.73. The van der Waals surface area contributed by atoms with Crippen molar-refractivity contribution in [3.63, 3.8) is 0 Å². The lowest BCUT2D eigenvalue weighted by atomic mass is 9.91. The number of nitrogens with zero attached hydrogens (tertiary/aromatic N) is 8. The van der Waals surface area contributed by atoms with Crippen molar-refractivity contribution in [2.75, 3.05) is 26.4 Å². The minimum absolute atomic E-state index is 0.145. The van der Waals surface area contributed by atoms with Crippen molar-refractivity contribution in [1.82, 2.24) is 0 Å². The first-order chi connectivity index (χ1) is 27.3. The lowest BCUT2D eigenvalue weighted by Crippen LogP contribution is -2.46. The van der Waals surface area contributed by atoms with Gasteiger partial charge in [-0.25, -0.2) is 36.7 Å². The van der Waals surface area contributed by atoms with Gasteiger partial charge < -0.3 is 41.1 Å². The van der Waals surface area contributed by atoms with Crippen LogP contribution in [0.1, 0.15) is 22.3 Å². The maximum atomic E-state index is 13.6. The fraction of sp³-hybridized carbons (Fsp3) is 0.135. The van der Waals surface area contributed by atoms with Crippen molar-refractivity contribution in [2.24, 2.45) is 5.41 Å². The van der Waals surface area contributed by atoms with Crippen LogP contribution in [-0.4, -0.2) is 92.3 Å². The van der Waals surface area contributed by atoms with Gasteiger partial charge in [-0.05, 0) is 97.1 Å². The van der Waals surface area contributed by atoms with Gasteiger partial charge in [-0.15, -0.1) is 0 Å². The van der Waals surface area contributed by atoms with Crippen LogP contribution in [0.3, 0.4) is 0 Å². The second kappa shape index (κ2) is 19.4. The molecule has 288 valence electrons. The van der Waals surface area contributed by atoms with Crippen LogP contribution in [0.4, 0.5) is 17.6 Å². The summed E-state index contributed by atoms with van der Waals surface area (Å²) in [5, 5.41) is 0. The number of carbonyl (C=O) groups excluding carboxylic acids is 4. The molecule has 0 aliphatic heterocycles. The number of benzene rings is 4. The molecule has 0 radical (unpaired) electrons. The third kappa shape index (κ3) is 11.0. The van der Waals surface area contributed by atoms with Crippen molar-refractivity contribution in [3.8, 4) is 0 Å². The number of halogens is 4. The van der Waals surface area contributed by atoms with Crippen molar-refractivity contribution < 1.29 is 74.8 Å². The normalized spacial score (nSPS) is 11.2. The van der Waals surface area contributed by atoms with E-state index < -0.39 is 102 Å². The summed E-state index contributed by atoms with van der Waals surface area (Å²) >= 11 is 0. The van der Waals surface area contributed by atoms with Crippen LogP contribution in [0, 0.1) is 28.7 Å². The summed E-state index contributed by atoms with van der Waals surface area (Å²) < 4.78 is 75.6. The van der Waals surface area contributed by atoms with Gasteiger partial charge in [-0.1, -0.05) is 0 Å². The molecule has 0 unspecified atom stereocenters. The van der Waals surface area contributed by atoms with Gasteiger partial charge in [0.25, 0.3) is 0 Å². The van der Waals surface area contributed by atoms with E-state index in [9.17, 15) is 58.9 Å². The van der Waals surface area contributed by atoms with Crippen LogP contribution < -0.4 is 0 Å². The summed E-state index contributed by atoms with van der Waals surface area (Å²) in [5.74, 6) is -8.47. The van der Waals surface area contributed by atoms with E-state index in [1.165, 1.54) is 0 Å². The SMILES string of the molecule is [N-]=[N+]=C(C(=O)OCC(COC(=O)C(=[N+]=[N-])c1ccc(F)cc1)(COC(=O)C(=[N+]=[N-])c1ccc(F)cc1)COC(=O)C(=[N+]=[N-])c1ccc(F)cc1)c1ccc(F)cc1.